The zero-order valence-electron chi connectivity index (χ0n) is 9.57. The number of aliphatic carboxylic acids is 1. The highest BCUT2D eigenvalue weighted by Gasteiger charge is 2.31. The Bertz CT molecular complexity index is 246. The maximum absolute atomic E-state index is 11.4. The number of hydrogen-bond donors (Lipinski definition) is 2. The van der Waals surface area contributed by atoms with Crippen LogP contribution in [-0.2, 0) is 14.3 Å². The molecule has 1 unspecified atom stereocenters. The molecule has 1 fully saturated rings. The van der Waals surface area contributed by atoms with Gasteiger partial charge in [-0.2, -0.15) is 0 Å². The number of amides is 1. The first-order chi connectivity index (χ1) is 7.65. The number of nitrogens with one attached hydrogen (secondary N) is 1. The van der Waals surface area contributed by atoms with E-state index in [1.165, 1.54) is 0 Å². The van der Waals surface area contributed by atoms with E-state index in [9.17, 15) is 9.59 Å². The van der Waals surface area contributed by atoms with Gasteiger partial charge in [-0.05, 0) is 25.7 Å². The second kappa shape index (κ2) is 6.48. The van der Waals surface area contributed by atoms with Crippen LogP contribution in [0.15, 0.2) is 0 Å². The highest BCUT2D eigenvalue weighted by molar-refractivity contribution is 5.82. The van der Waals surface area contributed by atoms with Gasteiger partial charge in [-0.3, -0.25) is 9.59 Å². The molecular weight excluding hydrogens is 210 g/mol. The smallest absolute Gasteiger partial charge is 0.307 e. The molecule has 5 heteroatoms. The van der Waals surface area contributed by atoms with Crippen LogP contribution in [0.5, 0.6) is 0 Å². The lowest BCUT2D eigenvalue weighted by Crippen LogP contribution is -2.34. The first-order valence-corrected chi connectivity index (χ1v) is 5.72. The van der Waals surface area contributed by atoms with E-state index >= 15 is 0 Å². The van der Waals surface area contributed by atoms with Gasteiger partial charge in [0, 0.05) is 26.2 Å². The van der Waals surface area contributed by atoms with E-state index in [2.05, 4.69) is 5.32 Å². The predicted molar refractivity (Wildman–Crippen MR) is 58.0 cm³/mol. The number of carboxylic acids is 1. The zero-order valence-corrected chi connectivity index (χ0v) is 9.57. The van der Waals surface area contributed by atoms with Crippen LogP contribution in [0.25, 0.3) is 0 Å². The van der Waals surface area contributed by atoms with Crippen LogP contribution in [0, 0.1) is 11.8 Å². The molecule has 5 nitrogen and oxygen atoms in total. The third kappa shape index (κ3) is 3.81. The zero-order chi connectivity index (χ0) is 12.0. The van der Waals surface area contributed by atoms with Crippen LogP contribution < -0.4 is 5.32 Å². The van der Waals surface area contributed by atoms with Gasteiger partial charge in [-0.15, -0.1) is 0 Å². The van der Waals surface area contributed by atoms with E-state index in [1.54, 1.807) is 0 Å². The molecule has 0 aromatic heterocycles. The second-order valence-electron chi connectivity index (χ2n) is 4.05. The number of hydrogen-bond acceptors (Lipinski definition) is 3. The van der Waals surface area contributed by atoms with Crippen molar-refractivity contribution in [2.24, 2.45) is 11.8 Å². The van der Waals surface area contributed by atoms with Crippen LogP contribution in [0.1, 0.15) is 26.2 Å². The third-order valence-corrected chi connectivity index (χ3v) is 2.93. The number of rotatable bonds is 5. The Kier molecular flexibility index (Phi) is 5.25. The van der Waals surface area contributed by atoms with E-state index in [0.29, 0.717) is 19.8 Å². The average molecular weight is 229 g/mol. The summed E-state index contributed by atoms with van der Waals surface area (Å²) in [6.07, 6.45) is 1.54. The predicted octanol–water partition coefficient (Wildman–Crippen LogP) is 0.640. The maximum Gasteiger partial charge on any atom is 0.307 e. The SMILES string of the molecule is CCNC(=O)CC(C(=O)O)C1CCOCC1. The molecule has 0 spiro atoms. The molecule has 2 N–H and O–H groups in total. The first kappa shape index (κ1) is 13.0. The van der Waals surface area contributed by atoms with Gasteiger partial charge < -0.3 is 15.2 Å². The van der Waals surface area contributed by atoms with Crippen LogP contribution in [-0.4, -0.2) is 36.7 Å². The van der Waals surface area contributed by atoms with Crippen molar-refractivity contribution < 1.29 is 19.4 Å². The van der Waals surface area contributed by atoms with Crippen LogP contribution >= 0.6 is 0 Å². The van der Waals surface area contributed by atoms with Crippen molar-refractivity contribution >= 4 is 11.9 Å². The standard InChI is InChI=1S/C11H19NO4/c1-2-12-10(13)7-9(11(14)15)8-3-5-16-6-4-8/h8-9H,2-7H2,1H3,(H,12,13)(H,14,15). The Morgan fingerprint density at radius 1 is 1.44 bits per heavy atom. The van der Waals surface area contributed by atoms with Gasteiger partial charge in [0.25, 0.3) is 0 Å². The Morgan fingerprint density at radius 3 is 2.56 bits per heavy atom. The lowest BCUT2D eigenvalue weighted by molar-refractivity contribution is -0.147. The second-order valence-corrected chi connectivity index (χ2v) is 4.05. The minimum absolute atomic E-state index is 0.0638. The fourth-order valence-corrected chi connectivity index (χ4v) is 2.04. The quantitative estimate of drug-likeness (QED) is 0.725. The minimum atomic E-state index is -0.877. The molecule has 0 saturated carbocycles. The molecule has 0 aromatic rings. The number of carbonyl (C=O) groups is 2. The average Bonchev–Trinajstić information content (AvgIpc) is 2.27. The van der Waals surface area contributed by atoms with Crippen molar-refractivity contribution in [3.63, 3.8) is 0 Å². The van der Waals surface area contributed by atoms with Crippen LogP contribution in [0.3, 0.4) is 0 Å². The van der Waals surface area contributed by atoms with E-state index in [4.69, 9.17) is 9.84 Å². The summed E-state index contributed by atoms with van der Waals surface area (Å²) in [6.45, 7) is 3.56. The van der Waals surface area contributed by atoms with Gasteiger partial charge in [-0.25, -0.2) is 0 Å². The molecule has 1 saturated heterocycles. The van der Waals surface area contributed by atoms with Gasteiger partial charge in [0.1, 0.15) is 0 Å². The topological polar surface area (TPSA) is 75.6 Å². The first-order valence-electron chi connectivity index (χ1n) is 5.72. The van der Waals surface area contributed by atoms with Gasteiger partial charge >= 0.3 is 5.97 Å². The van der Waals surface area contributed by atoms with Gasteiger partial charge in [0.2, 0.25) is 5.91 Å². The summed E-state index contributed by atoms with van der Waals surface area (Å²) in [6, 6.07) is 0. The molecule has 1 aliphatic heterocycles. The highest BCUT2D eigenvalue weighted by Crippen LogP contribution is 2.26. The highest BCUT2D eigenvalue weighted by atomic mass is 16.5. The van der Waals surface area contributed by atoms with Crippen LogP contribution in [0.4, 0.5) is 0 Å². The van der Waals surface area contributed by atoms with Crippen molar-refractivity contribution in [2.75, 3.05) is 19.8 Å². The van der Waals surface area contributed by atoms with E-state index in [1.807, 2.05) is 6.92 Å². The fraction of sp³-hybridized carbons (Fsp3) is 0.818. The third-order valence-electron chi connectivity index (χ3n) is 2.93. The normalized spacial score (nSPS) is 19.1. The fourth-order valence-electron chi connectivity index (χ4n) is 2.04. The lowest BCUT2D eigenvalue weighted by atomic mass is 9.83. The molecule has 16 heavy (non-hydrogen) atoms. The van der Waals surface area contributed by atoms with E-state index in [-0.39, 0.29) is 18.2 Å². The summed E-state index contributed by atoms with van der Waals surface area (Å²) in [5.74, 6) is -1.57. The molecule has 92 valence electrons. The molecule has 0 aromatic carbocycles. The summed E-state index contributed by atoms with van der Waals surface area (Å²) >= 11 is 0. The van der Waals surface area contributed by atoms with Crippen LogP contribution in [0.2, 0.25) is 0 Å². The van der Waals surface area contributed by atoms with Gasteiger partial charge in [0.05, 0.1) is 5.92 Å². The molecule has 0 bridgehead atoms. The summed E-state index contributed by atoms with van der Waals surface area (Å²) in [5.41, 5.74) is 0. The maximum atomic E-state index is 11.4. The molecule has 1 heterocycles. The van der Waals surface area contributed by atoms with Crippen molar-refractivity contribution in [3.8, 4) is 0 Å². The lowest BCUT2D eigenvalue weighted by Gasteiger charge is -2.27. The molecular formula is C11H19NO4. The van der Waals surface area contributed by atoms with E-state index in [0.717, 1.165) is 12.8 Å². The monoisotopic (exact) mass is 229 g/mol. The van der Waals surface area contributed by atoms with Crippen molar-refractivity contribution in [1.82, 2.24) is 5.32 Å². The van der Waals surface area contributed by atoms with Crippen molar-refractivity contribution in [1.29, 1.82) is 0 Å². The summed E-state index contributed by atoms with van der Waals surface area (Å²) in [7, 11) is 0. The summed E-state index contributed by atoms with van der Waals surface area (Å²) < 4.78 is 5.19. The number of ether oxygens (including phenoxy) is 1. The molecule has 1 amide bonds. The number of carbonyl (C=O) groups excluding carboxylic acids is 1. The van der Waals surface area contributed by atoms with Gasteiger partial charge in [0.15, 0.2) is 0 Å². The molecule has 1 rings (SSSR count). The van der Waals surface area contributed by atoms with Crippen molar-refractivity contribution in [2.45, 2.75) is 26.2 Å². The Balaban J connectivity index is 2.52. The molecule has 0 aliphatic carbocycles. The Hall–Kier alpha value is -1.10. The minimum Gasteiger partial charge on any atom is -0.481 e. The Labute approximate surface area is 95.2 Å². The van der Waals surface area contributed by atoms with Gasteiger partial charge in [-0.1, -0.05) is 0 Å². The molecule has 0 radical (unpaired) electrons. The molecule has 1 atom stereocenters. The van der Waals surface area contributed by atoms with Crippen molar-refractivity contribution in [3.05, 3.63) is 0 Å². The Morgan fingerprint density at radius 2 is 2.06 bits per heavy atom. The summed E-state index contributed by atoms with van der Waals surface area (Å²) in [5, 5.41) is 11.8. The summed E-state index contributed by atoms with van der Waals surface area (Å²) in [4.78, 5) is 22.5. The van der Waals surface area contributed by atoms with E-state index < -0.39 is 11.9 Å². The molecule has 1 aliphatic rings. The number of carboxylic acid groups (broad SMARTS) is 1. The largest absolute Gasteiger partial charge is 0.481 e.